The van der Waals surface area contributed by atoms with E-state index in [1.807, 2.05) is 0 Å². The summed E-state index contributed by atoms with van der Waals surface area (Å²) >= 11 is 0. The number of rotatable bonds is 4. The van der Waals surface area contributed by atoms with Crippen LogP contribution in [-0.2, 0) is 20.3 Å². The van der Waals surface area contributed by atoms with Gasteiger partial charge in [0.05, 0.1) is 6.61 Å². The molecule has 0 saturated carbocycles. The first-order valence-corrected chi connectivity index (χ1v) is 7.44. The largest absolute Gasteiger partial charge is 0.381 e. The quantitative estimate of drug-likeness (QED) is 0.775. The van der Waals surface area contributed by atoms with Crippen molar-refractivity contribution in [1.29, 1.82) is 0 Å². The average Bonchev–Trinajstić information content (AvgIpc) is 2.83. The maximum Gasteiger partial charge on any atom is 0.0510 e. The van der Waals surface area contributed by atoms with Crippen LogP contribution < -0.4 is 5.73 Å². The van der Waals surface area contributed by atoms with Crippen molar-refractivity contribution in [2.24, 2.45) is 11.7 Å². The van der Waals surface area contributed by atoms with Gasteiger partial charge < -0.3 is 15.2 Å². The summed E-state index contributed by atoms with van der Waals surface area (Å²) in [6, 6.07) is 0.0335. The highest BCUT2D eigenvalue weighted by Gasteiger charge is 2.27. The van der Waals surface area contributed by atoms with Gasteiger partial charge in [0.1, 0.15) is 0 Å². The van der Waals surface area contributed by atoms with E-state index in [0.29, 0.717) is 16.9 Å². The van der Waals surface area contributed by atoms with Crippen molar-refractivity contribution in [3.63, 3.8) is 0 Å². The summed E-state index contributed by atoms with van der Waals surface area (Å²) in [5.74, 6) is 1.03. The summed E-state index contributed by atoms with van der Waals surface area (Å²) in [6.45, 7) is 3.05. The SMILES string of the molecule is NC(CS(=O)C1CCOCC1)C1CCOC1. The van der Waals surface area contributed by atoms with Crippen molar-refractivity contribution in [3.8, 4) is 0 Å². The first-order valence-electron chi connectivity index (χ1n) is 6.05. The number of nitrogens with two attached hydrogens (primary N) is 1. The summed E-state index contributed by atoms with van der Waals surface area (Å²) in [6.07, 6.45) is 2.85. The maximum atomic E-state index is 12.1. The Balaban J connectivity index is 1.76. The zero-order valence-corrected chi connectivity index (χ0v) is 10.4. The lowest BCUT2D eigenvalue weighted by Crippen LogP contribution is -2.39. The van der Waals surface area contributed by atoms with Crippen LogP contribution in [0.5, 0.6) is 0 Å². The maximum absolute atomic E-state index is 12.1. The van der Waals surface area contributed by atoms with Gasteiger partial charge in [-0.1, -0.05) is 0 Å². The molecule has 0 bridgehead atoms. The fraction of sp³-hybridized carbons (Fsp3) is 1.00. The molecule has 2 saturated heterocycles. The number of ether oxygens (including phenoxy) is 2. The molecule has 0 aromatic rings. The highest BCUT2D eigenvalue weighted by molar-refractivity contribution is 7.85. The average molecular weight is 247 g/mol. The molecule has 2 aliphatic heterocycles. The van der Waals surface area contributed by atoms with Gasteiger partial charge in [0.25, 0.3) is 0 Å². The molecule has 4 nitrogen and oxygen atoms in total. The van der Waals surface area contributed by atoms with Crippen molar-refractivity contribution < 1.29 is 13.7 Å². The Morgan fingerprint density at radius 1 is 1.19 bits per heavy atom. The van der Waals surface area contributed by atoms with Crippen LogP contribution in [0.3, 0.4) is 0 Å². The minimum atomic E-state index is -0.793. The molecule has 2 heterocycles. The molecule has 94 valence electrons. The zero-order chi connectivity index (χ0) is 11.4. The molecule has 16 heavy (non-hydrogen) atoms. The lowest BCUT2D eigenvalue weighted by molar-refractivity contribution is 0.0991. The Morgan fingerprint density at radius 2 is 1.88 bits per heavy atom. The predicted octanol–water partition coefficient (Wildman–Crippen LogP) is 0.278. The van der Waals surface area contributed by atoms with Gasteiger partial charge in [-0.25, -0.2) is 0 Å². The molecule has 3 atom stereocenters. The monoisotopic (exact) mass is 247 g/mol. The number of hydrogen-bond donors (Lipinski definition) is 1. The highest BCUT2D eigenvalue weighted by atomic mass is 32.2. The molecule has 0 radical (unpaired) electrons. The topological polar surface area (TPSA) is 61.6 Å². The summed E-state index contributed by atoms with van der Waals surface area (Å²) in [5, 5.41) is 0.294. The third-order valence-corrected chi connectivity index (χ3v) is 5.40. The molecule has 0 amide bonds. The van der Waals surface area contributed by atoms with Gasteiger partial charge in [0.2, 0.25) is 0 Å². The Morgan fingerprint density at radius 3 is 2.50 bits per heavy atom. The Bertz CT molecular complexity index is 237. The fourth-order valence-corrected chi connectivity index (χ4v) is 3.93. The van der Waals surface area contributed by atoms with E-state index in [1.165, 1.54) is 0 Å². The van der Waals surface area contributed by atoms with Gasteiger partial charge in [-0.3, -0.25) is 4.21 Å². The molecule has 0 spiro atoms. The van der Waals surface area contributed by atoms with Gasteiger partial charge in [-0.15, -0.1) is 0 Å². The van der Waals surface area contributed by atoms with Crippen LogP contribution in [0.2, 0.25) is 0 Å². The first-order chi connectivity index (χ1) is 7.77. The van der Waals surface area contributed by atoms with Gasteiger partial charge in [0, 0.05) is 53.6 Å². The molecule has 5 heteroatoms. The predicted molar refractivity (Wildman–Crippen MR) is 63.8 cm³/mol. The van der Waals surface area contributed by atoms with Crippen molar-refractivity contribution in [2.45, 2.75) is 30.6 Å². The van der Waals surface area contributed by atoms with Crippen molar-refractivity contribution in [2.75, 3.05) is 32.2 Å². The fourth-order valence-electron chi connectivity index (χ4n) is 2.29. The van der Waals surface area contributed by atoms with Crippen molar-refractivity contribution in [3.05, 3.63) is 0 Å². The summed E-state index contributed by atoms with van der Waals surface area (Å²) in [7, 11) is -0.793. The van der Waals surface area contributed by atoms with Crippen LogP contribution in [0.15, 0.2) is 0 Å². The molecule has 2 rings (SSSR count). The molecule has 0 aliphatic carbocycles. The van der Waals surface area contributed by atoms with Gasteiger partial charge in [-0.2, -0.15) is 0 Å². The van der Waals surface area contributed by atoms with E-state index in [1.54, 1.807) is 0 Å². The summed E-state index contributed by atoms with van der Waals surface area (Å²) in [5.41, 5.74) is 6.08. The van der Waals surface area contributed by atoms with Crippen LogP contribution >= 0.6 is 0 Å². The van der Waals surface area contributed by atoms with E-state index < -0.39 is 10.8 Å². The second kappa shape index (κ2) is 6.10. The molecule has 2 N–H and O–H groups in total. The van der Waals surface area contributed by atoms with Crippen LogP contribution in [0.1, 0.15) is 19.3 Å². The molecule has 2 aliphatic rings. The van der Waals surface area contributed by atoms with Crippen molar-refractivity contribution in [1.82, 2.24) is 0 Å². The molecule has 0 aromatic heterocycles. The van der Waals surface area contributed by atoms with Crippen LogP contribution in [0, 0.1) is 5.92 Å². The second-order valence-corrected chi connectivity index (χ2v) is 6.41. The van der Waals surface area contributed by atoms with E-state index in [0.717, 1.165) is 45.7 Å². The molecule has 2 fully saturated rings. The third-order valence-electron chi connectivity index (χ3n) is 3.47. The zero-order valence-electron chi connectivity index (χ0n) is 9.60. The first kappa shape index (κ1) is 12.5. The van der Waals surface area contributed by atoms with E-state index >= 15 is 0 Å². The van der Waals surface area contributed by atoms with E-state index in [4.69, 9.17) is 15.2 Å². The van der Waals surface area contributed by atoms with Crippen molar-refractivity contribution >= 4 is 10.8 Å². The van der Waals surface area contributed by atoms with E-state index in [-0.39, 0.29) is 6.04 Å². The minimum absolute atomic E-state index is 0.0335. The third kappa shape index (κ3) is 3.26. The minimum Gasteiger partial charge on any atom is -0.381 e. The standard InChI is InChI=1S/C11H21NO3S/c12-11(9-1-4-15-7-9)8-16(13)10-2-5-14-6-3-10/h9-11H,1-8,12H2. The molecular formula is C11H21NO3S. The molecule has 3 unspecified atom stereocenters. The molecular weight excluding hydrogens is 226 g/mol. The van der Waals surface area contributed by atoms with Gasteiger partial charge in [-0.05, 0) is 19.3 Å². The highest BCUT2D eigenvalue weighted by Crippen LogP contribution is 2.19. The normalized spacial score (nSPS) is 31.4. The Labute approximate surface area is 99.3 Å². The van der Waals surface area contributed by atoms with E-state index in [9.17, 15) is 4.21 Å². The lowest BCUT2D eigenvalue weighted by atomic mass is 10.0. The smallest absolute Gasteiger partial charge is 0.0510 e. The van der Waals surface area contributed by atoms with Crippen LogP contribution in [-0.4, -0.2) is 47.7 Å². The number of hydrogen-bond acceptors (Lipinski definition) is 4. The lowest BCUT2D eigenvalue weighted by Gasteiger charge is -2.24. The van der Waals surface area contributed by atoms with Gasteiger partial charge in [0.15, 0.2) is 0 Å². The summed E-state index contributed by atoms with van der Waals surface area (Å²) in [4.78, 5) is 0. The summed E-state index contributed by atoms with van der Waals surface area (Å²) < 4.78 is 22.7. The van der Waals surface area contributed by atoms with Crippen LogP contribution in [0.25, 0.3) is 0 Å². The van der Waals surface area contributed by atoms with Gasteiger partial charge >= 0.3 is 0 Å². The Hall–Kier alpha value is 0.0300. The second-order valence-electron chi connectivity index (χ2n) is 4.65. The molecule has 0 aromatic carbocycles. The van der Waals surface area contributed by atoms with E-state index in [2.05, 4.69) is 0 Å². The van der Waals surface area contributed by atoms with Crippen LogP contribution in [0.4, 0.5) is 0 Å². The Kier molecular flexibility index (Phi) is 4.76.